The molecule has 0 bridgehead atoms. The molecule has 3 aromatic rings. The minimum atomic E-state index is -0.138. The molecule has 0 radical (unpaired) electrons. The lowest BCUT2D eigenvalue weighted by molar-refractivity contribution is -0.113. The van der Waals surface area contributed by atoms with Crippen molar-refractivity contribution in [3.05, 3.63) is 87.7 Å². The zero-order valence-corrected chi connectivity index (χ0v) is 20.9. The van der Waals surface area contributed by atoms with Crippen LogP contribution in [0.1, 0.15) is 5.56 Å². The molecule has 1 saturated heterocycles. The maximum atomic E-state index is 12.9. The lowest BCUT2D eigenvalue weighted by atomic mass is 10.2. The summed E-state index contributed by atoms with van der Waals surface area (Å²) in [4.78, 5) is 15.0. The van der Waals surface area contributed by atoms with E-state index in [0.717, 1.165) is 21.5 Å². The first-order chi connectivity index (χ1) is 16.0. The van der Waals surface area contributed by atoms with Crippen LogP contribution in [0.4, 0.5) is 5.69 Å². The van der Waals surface area contributed by atoms with E-state index in [1.165, 1.54) is 11.8 Å². The average molecular weight is 542 g/mol. The first-order valence-electron chi connectivity index (χ1n) is 10.1. The molecule has 0 saturated carbocycles. The molecule has 1 heterocycles. The van der Waals surface area contributed by atoms with E-state index in [0.29, 0.717) is 33.9 Å². The normalized spacial score (nSPS) is 14.6. The standard InChI is InChI=1S/C25H20BrNO4S2/c1-29-22-15-17(7-12-21(22)31-14-13-30-20-10-8-18(26)9-11-20)16-23-24(28)27(25(32)33-23)19-5-3-2-4-6-19/h2-12,15-16H,13-14H2,1H3/b23-16-. The molecule has 1 aliphatic heterocycles. The van der Waals surface area contributed by atoms with E-state index in [2.05, 4.69) is 15.9 Å². The van der Waals surface area contributed by atoms with Crippen LogP contribution in [-0.4, -0.2) is 30.6 Å². The molecular formula is C25H20BrNO4S2. The summed E-state index contributed by atoms with van der Waals surface area (Å²) in [6, 6.07) is 22.5. The molecule has 8 heteroatoms. The number of rotatable bonds is 8. The Bertz CT molecular complexity index is 1180. The van der Waals surface area contributed by atoms with Crippen molar-refractivity contribution in [2.45, 2.75) is 0 Å². The van der Waals surface area contributed by atoms with Gasteiger partial charge in [-0.3, -0.25) is 9.69 Å². The number of thiocarbonyl (C=S) groups is 1. The fraction of sp³-hybridized carbons (Fsp3) is 0.120. The molecule has 0 atom stereocenters. The van der Waals surface area contributed by atoms with Crippen LogP contribution in [0.5, 0.6) is 17.2 Å². The van der Waals surface area contributed by atoms with Crippen molar-refractivity contribution in [3.8, 4) is 17.2 Å². The molecule has 5 nitrogen and oxygen atoms in total. The predicted molar refractivity (Wildman–Crippen MR) is 140 cm³/mol. The van der Waals surface area contributed by atoms with E-state index in [1.54, 1.807) is 12.0 Å². The van der Waals surface area contributed by atoms with Gasteiger partial charge in [0.2, 0.25) is 0 Å². The summed E-state index contributed by atoms with van der Waals surface area (Å²) in [5, 5.41) is 0. The van der Waals surface area contributed by atoms with Gasteiger partial charge in [-0.2, -0.15) is 0 Å². The first-order valence-corrected chi connectivity index (χ1v) is 12.1. The molecule has 1 amide bonds. The number of carbonyl (C=O) groups is 1. The topological polar surface area (TPSA) is 48.0 Å². The molecule has 1 aliphatic rings. The van der Waals surface area contributed by atoms with E-state index in [9.17, 15) is 4.79 Å². The highest BCUT2D eigenvalue weighted by atomic mass is 79.9. The summed E-state index contributed by atoms with van der Waals surface area (Å²) in [5.74, 6) is 1.81. The number of thioether (sulfide) groups is 1. The molecule has 4 rings (SSSR count). The van der Waals surface area contributed by atoms with E-state index < -0.39 is 0 Å². The summed E-state index contributed by atoms with van der Waals surface area (Å²) in [6.07, 6.45) is 1.81. The number of methoxy groups -OCH3 is 1. The minimum absolute atomic E-state index is 0.138. The highest BCUT2D eigenvalue weighted by Crippen LogP contribution is 2.37. The van der Waals surface area contributed by atoms with Crippen LogP contribution in [0.15, 0.2) is 82.2 Å². The Labute approximate surface area is 210 Å². The Morgan fingerprint density at radius 1 is 0.970 bits per heavy atom. The van der Waals surface area contributed by atoms with Crippen molar-refractivity contribution < 1.29 is 19.0 Å². The molecule has 0 unspecified atom stereocenters. The number of halogens is 1. The van der Waals surface area contributed by atoms with Crippen molar-refractivity contribution >= 4 is 61.9 Å². The quantitative estimate of drug-likeness (QED) is 0.189. The first kappa shape index (κ1) is 23.4. The number of amides is 1. The van der Waals surface area contributed by atoms with Crippen LogP contribution in [0, 0.1) is 0 Å². The van der Waals surface area contributed by atoms with E-state index in [4.69, 9.17) is 26.4 Å². The van der Waals surface area contributed by atoms with Gasteiger partial charge in [0.25, 0.3) is 5.91 Å². The summed E-state index contributed by atoms with van der Waals surface area (Å²) in [7, 11) is 1.58. The van der Waals surface area contributed by atoms with Crippen molar-refractivity contribution in [2.75, 3.05) is 25.2 Å². The maximum Gasteiger partial charge on any atom is 0.270 e. The highest BCUT2D eigenvalue weighted by Gasteiger charge is 2.33. The van der Waals surface area contributed by atoms with Crippen LogP contribution < -0.4 is 19.1 Å². The Morgan fingerprint density at radius 2 is 1.70 bits per heavy atom. The van der Waals surface area contributed by atoms with Crippen molar-refractivity contribution in [1.82, 2.24) is 0 Å². The van der Waals surface area contributed by atoms with Crippen LogP contribution in [0.3, 0.4) is 0 Å². The summed E-state index contributed by atoms with van der Waals surface area (Å²) >= 11 is 10.1. The molecule has 0 aromatic heterocycles. The Hall–Kier alpha value is -2.81. The fourth-order valence-corrected chi connectivity index (χ4v) is 4.72. The average Bonchev–Trinajstić information content (AvgIpc) is 3.11. The molecule has 0 spiro atoms. The summed E-state index contributed by atoms with van der Waals surface area (Å²) in [6.45, 7) is 0.760. The molecule has 0 N–H and O–H groups in total. The van der Waals surface area contributed by atoms with Crippen molar-refractivity contribution in [2.24, 2.45) is 0 Å². The maximum absolute atomic E-state index is 12.9. The number of para-hydroxylation sites is 1. The van der Waals surface area contributed by atoms with E-state index in [-0.39, 0.29) is 5.91 Å². The van der Waals surface area contributed by atoms with Crippen LogP contribution >= 0.6 is 39.9 Å². The zero-order valence-electron chi connectivity index (χ0n) is 17.7. The molecule has 0 aliphatic carbocycles. The summed E-state index contributed by atoms with van der Waals surface area (Å²) < 4.78 is 18.5. The van der Waals surface area contributed by atoms with Crippen LogP contribution in [0.25, 0.3) is 6.08 Å². The van der Waals surface area contributed by atoms with Gasteiger partial charge in [-0.05, 0) is 60.2 Å². The Morgan fingerprint density at radius 3 is 2.42 bits per heavy atom. The molecular weight excluding hydrogens is 522 g/mol. The molecule has 168 valence electrons. The number of benzene rings is 3. The monoisotopic (exact) mass is 541 g/mol. The largest absolute Gasteiger partial charge is 0.493 e. The third-order valence-electron chi connectivity index (χ3n) is 4.72. The zero-order chi connectivity index (χ0) is 23.2. The van der Waals surface area contributed by atoms with Gasteiger partial charge in [0, 0.05) is 4.47 Å². The lowest BCUT2D eigenvalue weighted by Gasteiger charge is -2.14. The number of hydrogen-bond donors (Lipinski definition) is 0. The van der Waals surface area contributed by atoms with Gasteiger partial charge in [-0.25, -0.2) is 0 Å². The van der Waals surface area contributed by atoms with Crippen molar-refractivity contribution in [1.29, 1.82) is 0 Å². The summed E-state index contributed by atoms with van der Waals surface area (Å²) in [5.41, 5.74) is 1.58. The Kier molecular flexibility index (Phi) is 7.69. The number of carbonyl (C=O) groups excluding carboxylic acids is 1. The van der Waals surface area contributed by atoms with E-state index in [1.807, 2.05) is 78.9 Å². The molecule has 3 aromatic carbocycles. The second-order valence-corrected chi connectivity index (χ2v) is 9.51. The number of ether oxygens (including phenoxy) is 3. The fourth-order valence-electron chi connectivity index (χ4n) is 3.15. The van der Waals surface area contributed by atoms with Gasteiger partial charge < -0.3 is 14.2 Å². The Balaban J connectivity index is 1.41. The van der Waals surface area contributed by atoms with Gasteiger partial charge in [-0.15, -0.1) is 0 Å². The number of hydrogen-bond acceptors (Lipinski definition) is 6. The molecule has 33 heavy (non-hydrogen) atoms. The van der Waals surface area contributed by atoms with Gasteiger partial charge >= 0.3 is 0 Å². The number of nitrogens with zero attached hydrogens (tertiary/aromatic N) is 1. The van der Waals surface area contributed by atoms with Crippen molar-refractivity contribution in [3.63, 3.8) is 0 Å². The second kappa shape index (κ2) is 10.9. The second-order valence-electron chi connectivity index (χ2n) is 6.91. The van der Waals surface area contributed by atoms with Gasteiger partial charge in [-0.1, -0.05) is 64.2 Å². The minimum Gasteiger partial charge on any atom is -0.493 e. The van der Waals surface area contributed by atoms with E-state index >= 15 is 0 Å². The smallest absolute Gasteiger partial charge is 0.270 e. The van der Waals surface area contributed by atoms with Crippen LogP contribution in [-0.2, 0) is 4.79 Å². The van der Waals surface area contributed by atoms with Gasteiger partial charge in [0.1, 0.15) is 19.0 Å². The molecule has 1 fully saturated rings. The van der Waals surface area contributed by atoms with Gasteiger partial charge in [0.05, 0.1) is 17.7 Å². The third kappa shape index (κ3) is 5.76. The number of anilines is 1. The SMILES string of the molecule is COc1cc(/C=C2\SC(=S)N(c3ccccc3)C2=O)ccc1OCCOc1ccc(Br)cc1. The lowest BCUT2D eigenvalue weighted by Crippen LogP contribution is -2.27. The highest BCUT2D eigenvalue weighted by molar-refractivity contribution is 9.10. The predicted octanol–water partition coefficient (Wildman–Crippen LogP) is 6.32. The van der Waals surface area contributed by atoms with Crippen LogP contribution in [0.2, 0.25) is 0 Å². The van der Waals surface area contributed by atoms with Gasteiger partial charge in [0.15, 0.2) is 15.8 Å². The third-order valence-corrected chi connectivity index (χ3v) is 6.55.